The number of hydrogen-bond donors (Lipinski definition) is 0. The van der Waals surface area contributed by atoms with Gasteiger partial charge in [0.05, 0.1) is 14.4 Å². The lowest BCUT2D eigenvalue weighted by Gasteiger charge is -2.10. The number of hydrogen-bond acceptors (Lipinski definition) is 7. The average Bonchev–Trinajstić information content (AvgIpc) is 3.09. The maximum Gasteiger partial charge on any atom is 0.312 e. The SMILES string of the molecule is CS(=O)(=O)c1ccc(Oc2ccc(C3SCCS3)cc2)c([N+](=O)[O-])c1. The third-order valence-electron chi connectivity index (χ3n) is 3.56. The van der Waals surface area contributed by atoms with Crippen LogP contribution in [0.15, 0.2) is 47.4 Å². The molecule has 1 aliphatic heterocycles. The molecule has 0 radical (unpaired) electrons. The van der Waals surface area contributed by atoms with Crippen molar-refractivity contribution in [3.8, 4) is 11.5 Å². The van der Waals surface area contributed by atoms with E-state index in [1.54, 1.807) is 12.1 Å². The first-order chi connectivity index (χ1) is 11.8. The summed E-state index contributed by atoms with van der Waals surface area (Å²) >= 11 is 3.78. The van der Waals surface area contributed by atoms with E-state index in [4.69, 9.17) is 4.74 Å². The predicted molar refractivity (Wildman–Crippen MR) is 100 cm³/mol. The van der Waals surface area contributed by atoms with E-state index in [1.807, 2.05) is 35.7 Å². The molecule has 2 aromatic rings. The molecule has 1 fully saturated rings. The molecule has 0 atom stereocenters. The molecule has 1 saturated heterocycles. The highest BCUT2D eigenvalue weighted by Gasteiger charge is 2.21. The van der Waals surface area contributed by atoms with Gasteiger partial charge in [-0.2, -0.15) is 0 Å². The molecule has 1 aliphatic rings. The Morgan fingerprint density at radius 2 is 1.76 bits per heavy atom. The van der Waals surface area contributed by atoms with Gasteiger partial charge < -0.3 is 4.74 Å². The minimum atomic E-state index is -3.53. The molecule has 132 valence electrons. The first-order valence-corrected chi connectivity index (χ1v) is 11.3. The van der Waals surface area contributed by atoms with Gasteiger partial charge in [-0.05, 0) is 29.8 Å². The number of nitro benzene ring substituents is 1. The summed E-state index contributed by atoms with van der Waals surface area (Å²) in [5, 5.41) is 11.2. The predicted octanol–water partition coefficient (Wildman–Crippen LogP) is 4.27. The number of rotatable bonds is 5. The van der Waals surface area contributed by atoms with Crippen molar-refractivity contribution in [2.24, 2.45) is 0 Å². The van der Waals surface area contributed by atoms with Gasteiger partial charge in [0.2, 0.25) is 5.75 Å². The van der Waals surface area contributed by atoms with E-state index in [-0.39, 0.29) is 16.3 Å². The van der Waals surface area contributed by atoms with E-state index in [2.05, 4.69) is 0 Å². The highest BCUT2D eigenvalue weighted by molar-refractivity contribution is 8.19. The summed E-state index contributed by atoms with van der Waals surface area (Å²) in [6.45, 7) is 0. The van der Waals surface area contributed by atoms with Crippen molar-refractivity contribution in [1.29, 1.82) is 0 Å². The lowest BCUT2D eigenvalue weighted by molar-refractivity contribution is -0.385. The van der Waals surface area contributed by atoms with Gasteiger partial charge in [0.25, 0.3) is 0 Å². The van der Waals surface area contributed by atoms with Crippen LogP contribution in [0.4, 0.5) is 5.69 Å². The minimum absolute atomic E-state index is 0.00904. The van der Waals surface area contributed by atoms with E-state index >= 15 is 0 Å². The second-order valence-corrected chi connectivity index (χ2v) is 10.1. The topological polar surface area (TPSA) is 86.5 Å². The Bertz CT molecular complexity index is 890. The van der Waals surface area contributed by atoms with Crippen LogP contribution in [-0.4, -0.2) is 31.1 Å². The van der Waals surface area contributed by atoms with Gasteiger partial charge >= 0.3 is 5.69 Å². The monoisotopic (exact) mass is 397 g/mol. The Labute approximate surface area is 154 Å². The van der Waals surface area contributed by atoms with Crippen LogP contribution >= 0.6 is 23.5 Å². The summed E-state index contributed by atoms with van der Waals surface area (Å²) < 4.78 is 29.2. The van der Waals surface area contributed by atoms with Crippen LogP contribution in [0.25, 0.3) is 0 Å². The number of benzene rings is 2. The van der Waals surface area contributed by atoms with E-state index in [0.717, 1.165) is 23.8 Å². The average molecular weight is 397 g/mol. The highest BCUT2D eigenvalue weighted by atomic mass is 32.2. The zero-order valence-corrected chi connectivity index (χ0v) is 15.7. The van der Waals surface area contributed by atoms with Crippen LogP contribution in [0.2, 0.25) is 0 Å². The zero-order chi connectivity index (χ0) is 18.0. The third kappa shape index (κ3) is 4.28. The smallest absolute Gasteiger partial charge is 0.312 e. The van der Waals surface area contributed by atoms with Crippen LogP contribution < -0.4 is 4.74 Å². The molecular formula is C16H15NO5S3. The fourth-order valence-corrected chi connectivity index (χ4v) is 5.83. The summed E-state index contributed by atoms with van der Waals surface area (Å²) in [5.41, 5.74) is 0.802. The molecule has 0 spiro atoms. The fraction of sp³-hybridized carbons (Fsp3) is 0.250. The first kappa shape index (κ1) is 18.1. The van der Waals surface area contributed by atoms with Crippen molar-refractivity contribution >= 4 is 39.0 Å². The first-order valence-electron chi connectivity index (χ1n) is 7.34. The molecule has 0 aromatic heterocycles. The molecule has 1 heterocycles. The van der Waals surface area contributed by atoms with Crippen molar-refractivity contribution in [3.05, 3.63) is 58.1 Å². The summed E-state index contributed by atoms with van der Waals surface area (Å²) in [5.74, 6) is 2.74. The summed E-state index contributed by atoms with van der Waals surface area (Å²) in [6.07, 6.45) is 1.00. The van der Waals surface area contributed by atoms with Crippen molar-refractivity contribution < 1.29 is 18.1 Å². The van der Waals surface area contributed by atoms with Gasteiger partial charge in [-0.1, -0.05) is 12.1 Å². The highest BCUT2D eigenvalue weighted by Crippen LogP contribution is 2.45. The molecule has 0 amide bonds. The van der Waals surface area contributed by atoms with Gasteiger partial charge in [0.1, 0.15) is 5.75 Å². The number of sulfone groups is 1. The van der Waals surface area contributed by atoms with Crippen LogP contribution in [0.3, 0.4) is 0 Å². The van der Waals surface area contributed by atoms with Crippen LogP contribution in [0.1, 0.15) is 10.1 Å². The van der Waals surface area contributed by atoms with E-state index < -0.39 is 14.8 Å². The molecule has 0 saturated carbocycles. The Hall–Kier alpha value is -1.71. The van der Waals surface area contributed by atoms with Crippen molar-refractivity contribution in [2.45, 2.75) is 9.48 Å². The number of nitro groups is 1. The Morgan fingerprint density at radius 3 is 2.32 bits per heavy atom. The van der Waals surface area contributed by atoms with Gasteiger partial charge in [-0.3, -0.25) is 10.1 Å². The van der Waals surface area contributed by atoms with Crippen LogP contribution in [-0.2, 0) is 9.84 Å². The van der Waals surface area contributed by atoms with Crippen molar-refractivity contribution in [3.63, 3.8) is 0 Å². The second-order valence-electron chi connectivity index (χ2n) is 5.40. The van der Waals surface area contributed by atoms with Crippen molar-refractivity contribution in [1.82, 2.24) is 0 Å². The van der Waals surface area contributed by atoms with Crippen LogP contribution in [0, 0.1) is 10.1 Å². The molecule has 0 aliphatic carbocycles. The molecule has 25 heavy (non-hydrogen) atoms. The van der Waals surface area contributed by atoms with Crippen LogP contribution in [0.5, 0.6) is 11.5 Å². The summed E-state index contributed by atoms with van der Waals surface area (Å²) in [7, 11) is -3.53. The molecule has 2 aromatic carbocycles. The molecule has 0 unspecified atom stereocenters. The normalized spacial score (nSPS) is 15.2. The number of ether oxygens (including phenoxy) is 1. The van der Waals surface area contributed by atoms with Gasteiger partial charge in [0, 0.05) is 23.8 Å². The minimum Gasteiger partial charge on any atom is -0.450 e. The van der Waals surface area contributed by atoms with Crippen molar-refractivity contribution in [2.75, 3.05) is 17.8 Å². The fourth-order valence-electron chi connectivity index (χ4n) is 2.33. The molecule has 3 rings (SSSR count). The molecule has 9 heteroatoms. The van der Waals surface area contributed by atoms with E-state index in [9.17, 15) is 18.5 Å². The Morgan fingerprint density at radius 1 is 1.12 bits per heavy atom. The Balaban J connectivity index is 1.85. The lowest BCUT2D eigenvalue weighted by atomic mass is 10.2. The quantitative estimate of drug-likeness (QED) is 0.550. The maximum atomic E-state index is 11.6. The molecular weight excluding hydrogens is 382 g/mol. The Kier molecular flexibility index (Phi) is 5.26. The molecule has 6 nitrogen and oxygen atoms in total. The van der Waals surface area contributed by atoms with E-state index in [0.29, 0.717) is 10.3 Å². The number of thioether (sulfide) groups is 2. The van der Waals surface area contributed by atoms with Gasteiger partial charge in [-0.25, -0.2) is 8.42 Å². The standard InChI is InChI=1S/C16H15NO5S3/c1-25(20,21)13-6-7-15(14(10-13)17(18)19)22-12-4-2-11(3-5-12)16-23-8-9-24-16/h2-7,10,16H,8-9H2,1H3. The molecule has 0 N–H and O–H groups in total. The zero-order valence-electron chi connectivity index (χ0n) is 13.2. The van der Waals surface area contributed by atoms with E-state index in [1.165, 1.54) is 17.7 Å². The molecule has 0 bridgehead atoms. The number of nitrogens with zero attached hydrogens (tertiary/aromatic N) is 1. The summed E-state index contributed by atoms with van der Waals surface area (Å²) in [6, 6.07) is 11.1. The lowest BCUT2D eigenvalue weighted by Crippen LogP contribution is -2.00. The largest absolute Gasteiger partial charge is 0.450 e. The second kappa shape index (κ2) is 7.27. The maximum absolute atomic E-state index is 11.6. The third-order valence-corrected chi connectivity index (χ3v) is 7.77. The summed E-state index contributed by atoms with van der Waals surface area (Å²) in [4.78, 5) is 10.5. The van der Waals surface area contributed by atoms with Gasteiger partial charge in [-0.15, -0.1) is 23.5 Å². The van der Waals surface area contributed by atoms with Gasteiger partial charge in [0.15, 0.2) is 9.84 Å².